The molecule has 3 heteroatoms. The van der Waals surface area contributed by atoms with Crippen LogP contribution < -0.4 is 5.32 Å². The molecule has 1 N–H and O–H groups in total. The Balaban J connectivity index is 1.92. The first-order valence-corrected chi connectivity index (χ1v) is 7.33. The van der Waals surface area contributed by atoms with E-state index in [-0.39, 0.29) is 0 Å². The van der Waals surface area contributed by atoms with E-state index in [0.29, 0.717) is 5.91 Å². The normalized spacial score (nSPS) is 16.2. The number of hydrogen-bond donors (Lipinski definition) is 1. The molecule has 0 radical (unpaired) electrons. The molecule has 0 bridgehead atoms. The molecule has 1 heterocycles. The number of unbranched alkanes of at least 4 members (excludes halogenated alkanes) is 6. The van der Waals surface area contributed by atoms with E-state index >= 15 is 0 Å². The Morgan fingerprint density at radius 1 is 1.00 bits per heavy atom. The molecule has 1 fully saturated rings. The van der Waals surface area contributed by atoms with E-state index in [4.69, 9.17) is 0 Å². The van der Waals surface area contributed by atoms with Gasteiger partial charge in [0.2, 0.25) is 5.91 Å². The van der Waals surface area contributed by atoms with E-state index in [9.17, 15) is 4.79 Å². The zero-order chi connectivity index (χ0) is 12.3. The Labute approximate surface area is 106 Å². The summed E-state index contributed by atoms with van der Waals surface area (Å²) in [4.78, 5) is 13.8. The highest BCUT2D eigenvalue weighted by atomic mass is 16.2. The average Bonchev–Trinajstić information content (AvgIpc) is 2.38. The second-order valence-corrected chi connectivity index (χ2v) is 5.00. The van der Waals surface area contributed by atoms with E-state index in [0.717, 1.165) is 39.0 Å². The molecule has 1 amide bonds. The van der Waals surface area contributed by atoms with Gasteiger partial charge >= 0.3 is 0 Å². The Morgan fingerprint density at radius 3 is 2.24 bits per heavy atom. The first kappa shape index (κ1) is 14.5. The van der Waals surface area contributed by atoms with Gasteiger partial charge in [-0.3, -0.25) is 4.79 Å². The minimum atomic E-state index is 0.361. The van der Waals surface area contributed by atoms with Crippen LogP contribution in [0.1, 0.15) is 58.3 Å². The van der Waals surface area contributed by atoms with E-state index in [1.165, 1.54) is 38.5 Å². The predicted octanol–water partition coefficient (Wildman–Crippen LogP) is 2.56. The molecule has 0 aromatic rings. The molecule has 1 saturated heterocycles. The molecule has 0 atom stereocenters. The number of amides is 1. The topological polar surface area (TPSA) is 32.3 Å². The van der Waals surface area contributed by atoms with Crippen molar-refractivity contribution in [3.8, 4) is 0 Å². The van der Waals surface area contributed by atoms with Gasteiger partial charge in [0.1, 0.15) is 0 Å². The third-order valence-electron chi connectivity index (χ3n) is 3.46. The minimum absolute atomic E-state index is 0.361. The van der Waals surface area contributed by atoms with Crippen molar-refractivity contribution in [1.82, 2.24) is 10.2 Å². The summed E-state index contributed by atoms with van der Waals surface area (Å²) in [6, 6.07) is 0. The second-order valence-electron chi connectivity index (χ2n) is 5.00. The van der Waals surface area contributed by atoms with Crippen molar-refractivity contribution >= 4 is 5.91 Å². The van der Waals surface area contributed by atoms with Crippen molar-refractivity contribution < 1.29 is 4.79 Å². The molecule has 0 aliphatic carbocycles. The van der Waals surface area contributed by atoms with E-state index in [1.54, 1.807) is 0 Å². The summed E-state index contributed by atoms with van der Waals surface area (Å²) < 4.78 is 0. The van der Waals surface area contributed by atoms with Crippen LogP contribution in [-0.2, 0) is 4.79 Å². The van der Waals surface area contributed by atoms with Crippen LogP contribution in [0.25, 0.3) is 0 Å². The van der Waals surface area contributed by atoms with Gasteiger partial charge in [0, 0.05) is 32.6 Å². The van der Waals surface area contributed by atoms with Gasteiger partial charge in [-0.05, 0) is 6.42 Å². The number of hydrogen-bond acceptors (Lipinski definition) is 2. The van der Waals surface area contributed by atoms with Crippen molar-refractivity contribution in [2.45, 2.75) is 58.3 Å². The Kier molecular flexibility index (Phi) is 8.06. The smallest absolute Gasteiger partial charge is 0.222 e. The highest BCUT2D eigenvalue weighted by Crippen LogP contribution is 2.09. The van der Waals surface area contributed by atoms with Crippen molar-refractivity contribution in [2.75, 3.05) is 26.2 Å². The van der Waals surface area contributed by atoms with Crippen LogP contribution in [0.15, 0.2) is 0 Å². The number of rotatable bonds is 8. The molecule has 0 spiro atoms. The van der Waals surface area contributed by atoms with E-state index < -0.39 is 0 Å². The maximum Gasteiger partial charge on any atom is 0.222 e. The summed E-state index contributed by atoms with van der Waals surface area (Å²) in [7, 11) is 0. The Hall–Kier alpha value is -0.570. The van der Waals surface area contributed by atoms with Crippen LogP contribution >= 0.6 is 0 Å². The summed E-state index contributed by atoms with van der Waals surface area (Å²) >= 11 is 0. The Bertz CT molecular complexity index is 200. The van der Waals surface area contributed by atoms with Gasteiger partial charge < -0.3 is 10.2 Å². The fourth-order valence-electron chi connectivity index (χ4n) is 2.31. The van der Waals surface area contributed by atoms with Gasteiger partial charge in [-0.15, -0.1) is 0 Å². The fourth-order valence-corrected chi connectivity index (χ4v) is 2.31. The van der Waals surface area contributed by atoms with Crippen molar-refractivity contribution in [3.05, 3.63) is 0 Å². The lowest BCUT2D eigenvalue weighted by atomic mass is 10.1. The molecule has 1 aliphatic heterocycles. The zero-order valence-corrected chi connectivity index (χ0v) is 11.3. The Morgan fingerprint density at radius 2 is 1.59 bits per heavy atom. The van der Waals surface area contributed by atoms with Crippen molar-refractivity contribution in [1.29, 1.82) is 0 Å². The molecule has 3 nitrogen and oxygen atoms in total. The van der Waals surface area contributed by atoms with Gasteiger partial charge in [-0.2, -0.15) is 0 Å². The quantitative estimate of drug-likeness (QED) is 0.661. The van der Waals surface area contributed by atoms with Gasteiger partial charge in [0.15, 0.2) is 0 Å². The highest BCUT2D eigenvalue weighted by molar-refractivity contribution is 5.76. The molecule has 0 unspecified atom stereocenters. The number of piperazine rings is 1. The van der Waals surface area contributed by atoms with Gasteiger partial charge in [0.25, 0.3) is 0 Å². The molecular formula is C14H28N2O. The van der Waals surface area contributed by atoms with Gasteiger partial charge in [-0.1, -0.05) is 45.4 Å². The van der Waals surface area contributed by atoms with E-state index in [2.05, 4.69) is 12.2 Å². The number of nitrogens with one attached hydrogen (secondary N) is 1. The summed E-state index contributed by atoms with van der Waals surface area (Å²) in [5, 5.41) is 3.27. The summed E-state index contributed by atoms with van der Waals surface area (Å²) in [6.45, 7) is 5.96. The summed E-state index contributed by atoms with van der Waals surface area (Å²) in [5.41, 5.74) is 0. The molecule has 17 heavy (non-hydrogen) atoms. The first-order valence-electron chi connectivity index (χ1n) is 7.33. The molecule has 0 saturated carbocycles. The van der Waals surface area contributed by atoms with Crippen molar-refractivity contribution in [3.63, 3.8) is 0 Å². The largest absolute Gasteiger partial charge is 0.340 e. The molecular weight excluding hydrogens is 212 g/mol. The van der Waals surface area contributed by atoms with Crippen LogP contribution in [0, 0.1) is 0 Å². The lowest BCUT2D eigenvalue weighted by Gasteiger charge is -2.27. The maximum absolute atomic E-state index is 11.8. The van der Waals surface area contributed by atoms with Crippen LogP contribution in [0.2, 0.25) is 0 Å². The van der Waals surface area contributed by atoms with Crippen LogP contribution in [0.4, 0.5) is 0 Å². The number of carbonyl (C=O) groups is 1. The lowest BCUT2D eigenvalue weighted by Crippen LogP contribution is -2.46. The minimum Gasteiger partial charge on any atom is -0.340 e. The summed E-state index contributed by atoms with van der Waals surface area (Å²) in [5.74, 6) is 0.361. The molecule has 1 rings (SSSR count). The van der Waals surface area contributed by atoms with Gasteiger partial charge in [0.05, 0.1) is 0 Å². The van der Waals surface area contributed by atoms with Crippen molar-refractivity contribution in [2.24, 2.45) is 0 Å². The fraction of sp³-hybridized carbons (Fsp3) is 0.929. The zero-order valence-electron chi connectivity index (χ0n) is 11.3. The predicted molar refractivity (Wildman–Crippen MR) is 72.1 cm³/mol. The highest BCUT2D eigenvalue weighted by Gasteiger charge is 2.14. The average molecular weight is 240 g/mol. The van der Waals surface area contributed by atoms with Crippen LogP contribution in [-0.4, -0.2) is 37.0 Å². The third kappa shape index (κ3) is 6.67. The SMILES string of the molecule is CCCCCCCCCC(=O)N1CCNCC1. The van der Waals surface area contributed by atoms with Gasteiger partial charge in [-0.25, -0.2) is 0 Å². The monoisotopic (exact) mass is 240 g/mol. The second kappa shape index (κ2) is 9.46. The number of nitrogens with zero attached hydrogens (tertiary/aromatic N) is 1. The van der Waals surface area contributed by atoms with E-state index in [1.807, 2.05) is 4.90 Å². The van der Waals surface area contributed by atoms with Crippen LogP contribution in [0.5, 0.6) is 0 Å². The molecule has 0 aromatic carbocycles. The summed E-state index contributed by atoms with van der Waals surface area (Å²) in [6.07, 6.45) is 9.73. The first-order chi connectivity index (χ1) is 8.34. The lowest BCUT2D eigenvalue weighted by molar-refractivity contribution is -0.131. The maximum atomic E-state index is 11.8. The number of carbonyl (C=O) groups excluding carboxylic acids is 1. The third-order valence-corrected chi connectivity index (χ3v) is 3.46. The molecule has 1 aliphatic rings. The van der Waals surface area contributed by atoms with Crippen LogP contribution in [0.3, 0.4) is 0 Å². The standard InChI is InChI=1S/C14H28N2O/c1-2-3-4-5-6-7-8-9-14(17)16-12-10-15-11-13-16/h15H,2-13H2,1H3. The molecule has 0 aromatic heterocycles. The molecule has 100 valence electrons.